The van der Waals surface area contributed by atoms with Crippen molar-refractivity contribution < 1.29 is 9.53 Å². The molecule has 2 amide bonds. The number of rotatable bonds is 4. The Hall–Kier alpha value is -2.01. The molecule has 134 valence electrons. The van der Waals surface area contributed by atoms with Gasteiger partial charge < -0.3 is 15.0 Å². The molecule has 0 radical (unpaired) electrons. The standard InChI is InChI=1S/C20H26N2O2S/c1-3-24-18-11-7-6-9-16(18)21-20(23)22-14-8-4-5-10-17(22)19-13-12-15(2)25-19/h6-7,9,11-13,17H,3-5,8,10,14H2,1-2H3,(H,21,23). The fraction of sp³-hybridized carbons (Fsp3) is 0.450. The second kappa shape index (κ2) is 8.39. The maximum absolute atomic E-state index is 13.0. The number of carbonyl (C=O) groups is 1. The van der Waals surface area contributed by atoms with Crippen LogP contribution >= 0.6 is 11.3 Å². The lowest BCUT2D eigenvalue weighted by molar-refractivity contribution is 0.190. The summed E-state index contributed by atoms with van der Waals surface area (Å²) in [4.78, 5) is 17.6. The molecular weight excluding hydrogens is 332 g/mol. The minimum atomic E-state index is -0.0369. The van der Waals surface area contributed by atoms with Gasteiger partial charge in [-0.25, -0.2) is 4.79 Å². The van der Waals surface area contributed by atoms with Crippen molar-refractivity contribution in [2.24, 2.45) is 0 Å². The van der Waals surface area contributed by atoms with Crippen LogP contribution in [0.5, 0.6) is 5.75 Å². The van der Waals surface area contributed by atoms with Gasteiger partial charge in [-0.3, -0.25) is 0 Å². The molecule has 1 unspecified atom stereocenters. The largest absolute Gasteiger partial charge is 0.492 e. The predicted molar refractivity (Wildman–Crippen MR) is 104 cm³/mol. The maximum atomic E-state index is 13.0. The Morgan fingerprint density at radius 1 is 1.24 bits per heavy atom. The lowest BCUT2D eigenvalue weighted by Gasteiger charge is -2.29. The number of amides is 2. The van der Waals surface area contributed by atoms with E-state index < -0.39 is 0 Å². The van der Waals surface area contributed by atoms with Crippen LogP contribution < -0.4 is 10.1 Å². The first-order chi connectivity index (χ1) is 12.2. The molecule has 1 aliphatic rings. The first kappa shape index (κ1) is 17.8. The van der Waals surface area contributed by atoms with Crippen molar-refractivity contribution in [3.8, 4) is 5.75 Å². The highest BCUT2D eigenvalue weighted by Crippen LogP contribution is 2.35. The molecule has 2 heterocycles. The van der Waals surface area contributed by atoms with E-state index in [9.17, 15) is 4.79 Å². The van der Waals surface area contributed by atoms with Gasteiger partial charge in [0.15, 0.2) is 0 Å². The summed E-state index contributed by atoms with van der Waals surface area (Å²) in [5, 5.41) is 3.07. The second-order valence-corrected chi connectivity index (χ2v) is 7.69. The Bertz CT molecular complexity index is 713. The van der Waals surface area contributed by atoms with Gasteiger partial charge in [-0.2, -0.15) is 0 Å². The van der Waals surface area contributed by atoms with Crippen molar-refractivity contribution in [2.45, 2.75) is 45.6 Å². The highest BCUT2D eigenvalue weighted by Gasteiger charge is 2.28. The Morgan fingerprint density at radius 3 is 2.84 bits per heavy atom. The van der Waals surface area contributed by atoms with E-state index in [1.807, 2.05) is 36.1 Å². The number of hydrogen-bond donors (Lipinski definition) is 1. The number of likely N-dealkylation sites (tertiary alicyclic amines) is 1. The number of thiophene rings is 1. The van der Waals surface area contributed by atoms with Crippen LogP contribution in [-0.4, -0.2) is 24.1 Å². The van der Waals surface area contributed by atoms with Crippen molar-refractivity contribution in [1.82, 2.24) is 4.90 Å². The lowest BCUT2D eigenvalue weighted by atomic mass is 10.1. The smallest absolute Gasteiger partial charge is 0.322 e. The van der Waals surface area contributed by atoms with Gasteiger partial charge in [0.2, 0.25) is 0 Å². The first-order valence-electron chi connectivity index (χ1n) is 9.05. The van der Waals surface area contributed by atoms with Crippen molar-refractivity contribution in [1.29, 1.82) is 0 Å². The Labute approximate surface area is 153 Å². The molecule has 0 aliphatic carbocycles. The number of nitrogens with zero attached hydrogens (tertiary/aromatic N) is 1. The quantitative estimate of drug-likeness (QED) is 0.772. The highest BCUT2D eigenvalue weighted by molar-refractivity contribution is 7.12. The van der Waals surface area contributed by atoms with E-state index >= 15 is 0 Å². The third-order valence-corrected chi connectivity index (χ3v) is 5.63. The number of anilines is 1. The van der Waals surface area contributed by atoms with Crippen LogP contribution in [0.4, 0.5) is 10.5 Å². The van der Waals surface area contributed by atoms with E-state index in [1.165, 1.54) is 22.6 Å². The van der Waals surface area contributed by atoms with Gasteiger partial charge in [0.05, 0.1) is 18.3 Å². The number of para-hydroxylation sites is 2. The normalized spacial score (nSPS) is 17.8. The summed E-state index contributed by atoms with van der Waals surface area (Å²) in [5.74, 6) is 0.719. The van der Waals surface area contributed by atoms with E-state index in [-0.39, 0.29) is 12.1 Å². The van der Waals surface area contributed by atoms with Gasteiger partial charge >= 0.3 is 6.03 Å². The predicted octanol–water partition coefficient (Wildman–Crippen LogP) is 5.60. The van der Waals surface area contributed by atoms with Crippen molar-refractivity contribution in [3.63, 3.8) is 0 Å². The molecule has 2 aromatic rings. The number of urea groups is 1. The topological polar surface area (TPSA) is 41.6 Å². The molecule has 3 rings (SSSR count). The molecule has 1 saturated heterocycles. The molecule has 0 spiro atoms. The lowest BCUT2D eigenvalue weighted by Crippen LogP contribution is -2.37. The molecule has 1 aliphatic heterocycles. The Morgan fingerprint density at radius 2 is 2.08 bits per heavy atom. The van der Waals surface area contributed by atoms with Crippen LogP contribution in [0.2, 0.25) is 0 Å². The second-order valence-electron chi connectivity index (χ2n) is 6.37. The monoisotopic (exact) mass is 358 g/mol. The van der Waals surface area contributed by atoms with Gasteiger partial charge in [-0.15, -0.1) is 11.3 Å². The SMILES string of the molecule is CCOc1ccccc1NC(=O)N1CCCCCC1c1ccc(C)s1. The summed E-state index contributed by atoms with van der Waals surface area (Å²) >= 11 is 1.80. The Kier molecular flexibility index (Phi) is 5.97. The molecule has 5 heteroatoms. The molecule has 1 N–H and O–H groups in total. The van der Waals surface area contributed by atoms with Crippen LogP contribution in [0, 0.1) is 6.92 Å². The zero-order chi connectivity index (χ0) is 17.6. The van der Waals surface area contributed by atoms with Crippen LogP contribution in [0.3, 0.4) is 0 Å². The Balaban J connectivity index is 1.80. The number of hydrogen-bond acceptors (Lipinski definition) is 3. The fourth-order valence-electron chi connectivity index (χ4n) is 3.32. The maximum Gasteiger partial charge on any atom is 0.322 e. The summed E-state index contributed by atoms with van der Waals surface area (Å²) < 4.78 is 5.63. The number of ether oxygens (including phenoxy) is 1. The molecule has 1 fully saturated rings. The first-order valence-corrected chi connectivity index (χ1v) is 9.86. The van der Waals surface area contributed by atoms with E-state index in [0.717, 1.165) is 30.8 Å². The summed E-state index contributed by atoms with van der Waals surface area (Å²) in [6.07, 6.45) is 4.43. The zero-order valence-corrected chi connectivity index (χ0v) is 15.8. The third kappa shape index (κ3) is 4.34. The average Bonchev–Trinajstić information content (AvgIpc) is 2.89. The molecule has 0 saturated carbocycles. The van der Waals surface area contributed by atoms with Crippen LogP contribution in [0.15, 0.2) is 36.4 Å². The van der Waals surface area contributed by atoms with Gasteiger partial charge in [0.1, 0.15) is 5.75 Å². The summed E-state index contributed by atoms with van der Waals surface area (Å²) in [5.41, 5.74) is 0.736. The van der Waals surface area contributed by atoms with Gasteiger partial charge in [0.25, 0.3) is 0 Å². The van der Waals surface area contributed by atoms with Crippen molar-refractivity contribution >= 4 is 23.1 Å². The zero-order valence-electron chi connectivity index (χ0n) is 15.0. The van der Waals surface area contributed by atoms with Gasteiger partial charge in [0, 0.05) is 16.3 Å². The van der Waals surface area contributed by atoms with Crippen LogP contribution in [0.25, 0.3) is 0 Å². The fourth-order valence-corrected chi connectivity index (χ4v) is 4.34. The number of carbonyl (C=O) groups excluding carboxylic acids is 1. The molecule has 0 bridgehead atoms. The average molecular weight is 359 g/mol. The molecular formula is C20H26N2O2S. The molecule has 1 atom stereocenters. The highest BCUT2D eigenvalue weighted by atomic mass is 32.1. The van der Waals surface area contributed by atoms with Crippen LogP contribution in [0.1, 0.15) is 48.4 Å². The summed E-state index contributed by atoms with van der Waals surface area (Å²) in [6.45, 7) is 5.44. The minimum absolute atomic E-state index is 0.0369. The third-order valence-electron chi connectivity index (χ3n) is 4.53. The van der Waals surface area contributed by atoms with Crippen molar-refractivity contribution in [3.05, 3.63) is 46.2 Å². The van der Waals surface area contributed by atoms with E-state index in [4.69, 9.17) is 4.74 Å². The van der Waals surface area contributed by atoms with E-state index in [1.54, 1.807) is 11.3 Å². The van der Waals surface area contributed by atoms with Crippen LogP contribution in [-0.2, 0) is 0 Å². The van der Waals surface area contributed by atoms with Crippen molar-refractivity contribution in [2.75, 3.05) is 18.5 Å². The number of nitrogens with one attached hydrogen (secondary N) is 1. The number of benzene rings is 1. The summed E-state index contributed by atoms with van der Waals surface area (Å²) in [6, 6.07) is 12.1. The molecule has 1 aromatic heterocycles. The minimum Gasteiger partial charge on any atom is -0.492 e. The van der Waals surface area contributed by atoms with E-state index in [2.05, 4.69) is 24.4 Å². The molecule has 1 aromatic carbocycles. The van der Waals surface area contributed by atoms with E-state index in [0.29, 0.717) is 6.61 Å². The summed E-state index contributed by atoms with van der Waals surface area (Å²) in [7, 11) is 0. The van der Waals surface area contributed by atoms with Gasteiger partial charge in [-0.05, 0) is 51.0 Å². The van der Waals surface area contributed by atoms with Gasteiger partial charge in [-0.1, -0.05) is 25.0 Å². The molecule has 25 heavy (non-hydrogen) atoms. The molecule has 4 nitrogen and oxygen atoms in total. The number of aryl methyl sites for hydroxylation is 1.